The van der Waals surface area contributed by atoms with Crippen LogP contribution >= 0.6 is 0 Å². The Kier molecular flexibility index (Phi) is 6.42. The molecule has 6 heteroatoms. The summed E-state index contributed by atoms with van der Waals surface area (Å²) in [5.74, 6) is 2.07. The number of carbonyl (C=O) groups is 1. The summed E-state index contributed by atoms with van der Waals surface area (Å²) in [5, 5.41) is 3.42. The van der Waals surface area contributed by atoms with Crippen LogP contribution in [0.5, 0.6) is 0 Å². The molecule has 1 amide bonds. The van der Waals surface area contributed by atoms with Crippen molar-refractivity contribution < 1.29 is 4.79 Å². The van der Waals surface area contributed by atoms with Gasteiger partial charge in [-0.05, 0) is 56.4 Å². The van der Waals surface area contributed by atoms with Crippen LogP contribution in [0.4, 0.5) is 11.5 Å². The molecule has 1 saturated heterocycles. The zero-order chi connectivity index (χ0) is 22.5. The van der Waals surface area contributed by atoms with Gasteiger partial charge in [0.05, 0.1) is 5.69 Å². The minimum Gasteiger partial charge on any atom is -0.342 e. The number of nitrogens with zero attached hydrogens (tertiary/aromatic N) is 4. The number of benzene rings is 1. The molecule has 168 valence electrons. The van der Waals surface area contributed by atoms with Crippen LogP contribution < -0.4 is 5.32 Å². The molecule has 0 spiro atoms. The number of carbonyl (C=O) groups excluding carboxylic acids is 1. The van der Waals surface area contributed by atoms with Crippen molar-refractivity contribution in [2.75, 3.05) is 18.4 Å². The Hall–Kier alpha value is -3.54. The van der Waals surface area contributed by atoms with Crippen LogP contribution in [0, 0.1) is 5.92 Å². The van der Waals surface area contributed by atoms with Crippen LogP contribution in [-0.4, -0.2) is 38.8 Å². The molecule has 0 bridgehead atoms. The number of hydrogen-bond donors (Lipinski definition) is 1. The smallest absolute Gasteiger partial charge is 0.226 e. The molecule has 2 atom stereocenters. The van der Waals surface area contributed by atoms with Gasteiger partial charge in [-0.1, -0.05) is 30.4 Å². The number of hydrogen-bond acceptors (Lipinski definition) is 5. The van der Waals surface area contributed by atoms with Gasteiger partial charge in [-0.25, -0.2) is 9.97 Å². The molecule has 1 N–H and O–H groups in total. The Morgan fingerprint density at radius 1 is 1.03 bits per heavy atom. The van der Waals surface area contributed by atoms with Crippen molar-refractivity contribution in [1.82, 2.24) is 19.9 Å². The van der Waals surface area contributed by atoms with Gasteiger partial charge in [-0.2, -0.15) is 0 Å². The summed E-state index contributed by atoms with van der Waals surface area (Å²) in [4.78, 5) is 29.3. The number of nitrogens with one attached hydrogen (secondary N) is 1. The number of likely N-dealkylation sites (tertiary alicyclic amines) is 1. The van der Waals surface area contributed by atoms with Gasteiger partial charge in [-0.3, -0.25) is 9.78 Å². The van der Waals surface area contributed by atoms with E-state index >= 15 is 0 Å². The van der Waals surface area contributed by atoms with Crippen molar-refractivity contribution >= 4 is 17.4 Å². The Labute approximate surface area is 194 Å². The summed E-state index contributed by atoms with van der Waals surface area (Å²) < 4.78 is 0. The molecule has 5 rings (SSSR count). The Bertz CT molecular complexity index is 1120. The number of rotatable bonds is 5. The lowest BCUT2D eigenvalue weighted by molar-refractivity contribution is -0.137. The van der Waals surface area contributed by atoms with Crippen molar-refractivity contribution in [3.63, 3.8) is 0 Å². The molecule has 2 aromatic heterocycles. The van der Waals surface area contributed by atoms with Crippen LogP contribution in [0.25, 0.3) is 11.3 Å². The molecule has 3 heterocycles. The van der Waals surface area contributed by atoms with Crippen molar-refractivity contribution in [1.29, 1.82) is 0 Å². The minimum atomic E-state index is 0.117. The summed E-state index contributed by atoms with van der Waals surface area (Å²) in [5.41, 5.74) is 2.77. The second-order valence-corrected chi connectivity index (χ2v) is 8.83. The molecule has 0 radical (unpaired) electrons. The second kappa shape index (κ2) is 9.94. The molecule has 2 aliphatic rings. The average molecular weight is 440 g/mol. The van der Waals surface area contributed by atoms with Crippen LogP contribution in [0.3, 0.4) is 0 Å². The van der Waals surface area contributed by atoms with E-state index < -0.39 is 0 Å². The first-order valence-corrected chi connectivity index (χ1v) is 11.8. The maximum Gasteiger partial charge on any atom is 0.226 e. The summed E-state index contributed by atoms with van der Waals surface area (Å²) in [7, 11) is 0. The molecule has 1 aliphatic carbocycles. The quantitative estimate of drug-likeness (QED) is 0.543. The molecule has 3 aromatic rings. The van der Waals surface area contributed by atoms with Crippen LogP contribution in [0.2, 0.25) is 0 Å². The summed E-state index contributed by atoms with van der Waals surface area (Å²) in [6.45, 7) is 1.51. The highest BCUT2D eigenvalue weighted by Crippen LogP contribution is 2.31. The zero-order valence-corrected chi connectivity index (χ0v) is 18.7. The predicted octanol–water partition coefficient (Wildman–Crippen LogP) is 5.34. The van der Waals surface area contributed by atoms with Crippen LogP contribution in [-0.2, 0) is 4.79 Å². The molecular formula is C27H29N5O. The normalized spacial score (nSPS) is 20.4. The van der Waals surface area contributed by atoms with E-state index in [4.69, 9.17) is 9.97 Å². The third kappa shape index (κ3) is 5.11. The topological polar surface area (TPSA) is 71.0 Å². The van der Waals surface area contributed by atoms with Gasteiger partial charge in [-0.15, -0.1) is 0 Å². The van der Waals surface area contributed by atoms with Gasteiger partial charge in [0.15, 0.2) is 0 Å². The van der Waals surface area contributed by atoms with Gasteiger partial charge >= 0.3 is 0 Å². The van der Waals surface area contributed by atoms with E-state index in [2.05, 4.69) is 22.5 Å². The van der Waals surface area contributed by atoms with Gasteiger partial charge in [0.25, 0.3) is 0 Å². The highest BCUT2D eigenvalue weighted by molar-refractivity contribution is 5.79. The standard InChI is InChI=1S/C27H29N5O/c33-27(20-9-3-1-4-10-20)32-16-8-12-22(19-32)26-30-24(21-11-7-15-28-18-21)17-25(31-26)29-23-13-5-2-6-14-23/h1-3,5-7,11,13-15,17-18,20,22H,4,8-10,12,16,19H2,(H,29,30,31)/t20-,22+/m0/s1. The van der Waals surface area contributed by atoms with E-state index in [0.717, 1.165) is 67.2 Å². The Balaban J connectivity index is 1.42. The fraction of sp³-hybridized carbons (Fsp3) is 0.333. The lowest BCUT2D eigenvalue weighted by atomic mass is 9.90. The maximum atomic E-state index is 13.2. The molecular weight excluding hydrogens is 410 g/mol. The van der Waals surface area contributed by atoms with Crippen molar-refractivity contribution in [2.45, 2.75) is 38.0 Å². The van der Waals surface area contributed by atoms with Gasteiger partial charge in [0, 0.05) is 54.6 Å². The lowest BCUT2D eigenvalue weighted by Gasteiger charge is -2.35. The zero-order valence-electron chi connectivity index (χ0n) is 18.7. The molecule has 1 aliphatic heterocycles. The van der Waals surface area contributed by atoms with Gasteiger partial charge < -0.3 is 10.2 Å². The largest absolute Gasteiger partial charge is 0.342 e. The average Bonchev–Trinajstić information content (AvgIpc) is 2.90. The van der Waals surface area contributed by atoms with Crippen molar-refractivity contribution in [2.24, 2.45) is 5.92 Å². The molecule has 6 nitrogen and oxygen atoms in total. The van der Waals surface area contributed by atoms with E-state index in [1.54, 1.807) is 6.20 Å². The van der Waals surface area contributed by atoms with Gasteiger partial charge in [0.1, 0.15) is 11.6 Å². The molecule has 33 heavy (non-hydrogen) atoms. The molecule has 0 saturated carbocycles. The first-order chi connectivity index (χ1) is 16.3. The van der Waals surface area contributed by atoms with Crippen molar-refractivity contribution in [3.8, 4) is 11.3 Å². The monoisotopic (exact) mass is 439 g/mol. The number of amides is 1. The fourth-order valence-electron chi connectivity index (χ4n) is 4.71. The number of anilines is 2. The SMILES string of the molecule is O=C([C@H]1CC=CCC1)N1CCC[C@@H](c2nc(Nc3ccccc3)cc(-c3cccnc3)n2)C1. The summed E-state index contributed by atoms with van der Waals surface area (Å²) in [6.07, 6.45) is 12.7. The third-order valence-corrected chi connectivity index (χ3v) is 6.46. The Morgan fingerprint density at radius 2 is 1.94 bits per heavy atom. The molecule has 0 unspecified atom stereocenters. The molecule has 1 aromatic carbocycles. The van der Waals surface area contributed by atoms with E-state index in [-0.39, 0.29) is 17.7 Å². The number of allylic oxidation sites excluding steroid dienone is 2. The van der Waals surface area contributed by atoms with E-state index in [0.29, 0.717) is 6.54 Å². The summed E-state index contributed by atoms with van der Waals surface area (Å²) >= 11 is 0. The third-order valence-electron chi connectivity index (χ3n) is 6.46. The first kappa shape index (κ1) is 21.3. The minimum absolute atomic E-state index is 0.117. The van der Waals surface area contributed by atoms with E-state index in [1.807, 2.05) is 59.6 Å². The van der Waals surface area contributed by atoms with Crippen LogP contribution in [0.15, 0.2) is 73.1 Å². The predicted molar refractivity (Wildman–Crippen MR) is 130 cm³/mol. The second-order valence-electron chi connectivity index (χ2n) is 8.83. The number of pyridine rings is 1. The lowest BCUT2D eigenvalue weighted by Crippen LogP contribution is -2.42. The summed E-state index contributed by atoms with van der Waals surface area (Å²) in [6, 6.07) is 15.9. The molecule has 1 fully saturated rings. The maximum absolute atomic E-state index is 13.2. The number of piperidine rings is 1. The van der Waals surface area contributed by atoms with Gasteiger partial charge in [0.2, 0.25) is 5.91 Å². The first-order valence-electron chi connectivity index (χ1n) is 11.8. The number of para-hydroxylation sites is 1. The van der Waals surface area contributed by atoms with Crippen LogP contribution in [0.1, 0.15) is 43.8 Å². The number of aromatic nitrogens is 3. The highest BCUT2D eigenvalue weighted by atomic mass is 16.2. The van der Waals surface area contributed by atoms with E-state index in [1.165, 1.54) is 0 Å². The fourth-order valence-corrected chi connectivity index (χ4v) is 4.71. The van der Waals surface area contributed by atoms with E-state index in [9.17, 15) is 4.79 Å². The Morgan fingerprint density at radius 3 is 2.73 bits per heavy atom. The van der Waals surface area contributed by atoms with Crippen molar-refractivity contribution in [3.05, 3.63) is 78.9 Å². The highest BCUT2D eigenvalue weighted by Gasteiger charge is 2.31.